The topological polar surface area (TPSA) is 67.4 Å². The van der Waals surface area contributed by atoms with Crippen LogP contribution in [-0.2, 0) is 10.0 Å². The molecule has 0 fully saturated rings. The molecule has 6 heteroatoms. The molecular formula is C23H28N2O3S. The van der Waals surface area contributed by atoms with Gasteiger partial charge in [0.2, 0.25) is 10.0 Å². The zero-order valence-electron chi connectivity index (χ0n) is 16.9. The van der Waals surface area contributed by atoms with Gasteiger partial charge >= 0.3 is 0 Å². The summed E-state index contributed by atoms with van der Waals surface area (Å²) in [5.41, 5.74) is 3.29. The largest absolute Gasteiger partial charge is 0.494 e. The van der Waals surface area contributed by atoms with Crippen molar-refractivity contribution in [1.29, 1.82) is 0 Å². The van der Waals surface area contributed by atoms with Crippen LogP contribution in [0.2, 0.25) is 0 Å². The summed E-state index contributed by atoms with van der Waals surface area (Å²) in [7, 11) is -3.48. The Morgan fingerprint density at radius 3 is 2.66 bits per heavy atom. The second kappa shape index (κ2) is 8.20. The lowest BCUT2D eigenvalue weighted by atomic mass is 9.77. The van der Waals surface area contributed by atoms with Crippen molar-refractivity contribution in [3.8, 4) is 5.75 Å². The van der Waals surface area contributed by atoms with Gasteiger partial charge in [0.05, 0.1) is 17.5 Å². The fourth-order valence-electron chi connectivity index (χ4n) is 4.33. The van der Waals surface area contributed by atoms with Crippen LogP contribution in [0, 0.1) is 5.92 Å². The Morgan fingerprint density at radius 2 is 1.93 bits per heavy atom. The van der Waals surface area contributed by atoms with Gasteiger partial charge in [-0.15, -0.1) is 0 Å². The van der Waals surface area contributed by atoms with E-state index < -0.39 is 10.0 Å². The number of hydrogen-bond acceptors (Lipinski definition) is 4. The van der Waals surface area contributed by atoms with Gasteiger partial charge in [0.15, 0.2) is 0 Å². The Bertz CT molecular complexity index is 999. The van der Waals surface area contributed by atoms with Gasteiger partial charge in [-0.05, 0) is 67.1 Å². The van der Waals surface area contributed by atoms with Crippen LogP contribution >= 0.6 is 0 Å². The summed E-state index contributed by atoms with van der Waals surface area (Å²) < 4.78 is 33.4. The zero-order valence-corrected chi connectivity index (χ0v) is 17.7. The fourth-order valence-corrected chi connectivity index (χ4v) is 5.50. The van der Waals surface area contributed by atoms with Crippen LogP contribution < -0.4 is 14.8 Å². The first-order valence-corrected chi connectivity index (χ1v) is 11.8. The molecule has 29 heavy (non-hydrogen) atoms. The number of ether oxygens (including phenoxy) is 1. The third-order valence-corrected chi connectivity index (χ3v) is 7.20. The number of hydrogen-bond donors (Lipinski definition) is 2. The standard InChI is InChI=1S/C23H28N2O3S/c1-3-14-24-29(26,27)18-12-13-22-21(15-18)19-6-5-7-20(19)23(25-22)16-8-10-17(11-9-16)28-4-2/h5-6,8-13,15,19-20,23-25H,3-4,7,14H2,1-2H3. The van der Waals surface area contributed by atoms with Crippen LogP contribution in [0.4, 0.5) is 5.69 Å². The third-order valence-electron chi connectivity index (χ3n) is 5.74. The number of fused-ring (bicyclic) bond motifs is 3. The van der Waals surface area contributed by atoms with Crippen molar-refractivity contribution >= 4 is 15.7 Å². The van der Waals surface area contributed by atoms with E-state index >= 15 is 0 Å². The van der Waals surface area contributed by atoms with Crippen molar-refractivity contribution in [2.75, 3.05) is 18.5 Å². The number of rotatable bonds is 7. The molecule has 0 spiro atoms. The van der Waals surface area contributed by atoms with Gasteiger partial charge in [-0.25, -0.2) is 13.1 Å². The van der Waals surface area contributed by atoms with Crippen LogP contribution in [-0.4, -0.2) is 21.6 Å². The van der Waals surface area contributed by atoms with Crippen LogP contribution in [0.5, 0.6) is 5.75 Å². The van der Waals surface area contributed by atoms with E-state index in [4.69, 9.17) is 4.74 Å². The number of nitrogens with one attached hydrogen (secondary N) is 2. The van der Waals surface area contributed by atoms with E-state index in [-0.39, 0.29) is 12.0 Å². The maximum absolute atomic E-state index is 12.6. The first-order chi connectivity index (χ1) is 14.0. The molecule has 4 rings (SSSR count). The molecule has 5 nitrogen and oxygen atoms in total. The maximum Gasteiger partial charge on any atom is 0.240 e. The van der Waals surface area contributed by atoms with Gasteiger partial charge in [0.25, 0.3) is 0 Å². The number of anilines is 1. The minimum Gasteiger partial charge on any atom is -0.494 e. The monoisotopic (exact) mass is 412 g/mol. The summed E-state index contributed by atoms with van der Waals surface area (Å²) in [4.78, 5) is 0.338. The van der Waals surface area contributed by atoms with Gasteiger partial charge in [-0.1, -0.05) is 31.2 Å². The highest BCUT2D eigenvalue weighted by Gasteiger charge is 2.38. The summed E-state index contributed by atoms with van der Waals surface area (Å²) in [6.45, 7) is 5.04. The second-order valence-electron chi connectivity index (χ2n) is 7.62. The number of benzene rings is 2. The molecule has 0 amide bonds. The van der Waals surface area contributed by atoms with Crippen molar-refractivity contribution < 1.29 is 13.2 Å². The smallest absolute Gasteiger partial charge is 0.240 e. The number of allylic oxidation sites excluding steroid dienone is 2. The second-order valence-corrected chi connectivity index (χ2v) is 9.39. The van der Waals surface area contributed by atoms with Gasteiger partial charge < -0.3 is 10.1 Å². The lowest BCUT2D eigenvalue weighted by Gasteiger charge is -2.37. The molecule has 0 radical (unpaired) electrons. The molecule has 1 aliphatic heterocycles. The van der Waals surface area contributed by atoms with Gasteiger partial charge in [0.1, 0.15) is 5.75 Å². The number of sulfonamides is 1. The van der Waals surface area contributed by atoms with Gasteiger partial charge in [-0.3, -0.25) is 0 Å². The van der Waals surface area contributed by atoms with Crippen molar-refractivity contribution in [2.45, 2.75) is 43.5 Å². The molecule has 0 saturated heterocycles. The fraction of sp³-hybridized carbons (Fsp3) is 0.391. The highest BCUT2D eigenvalue weighted by molar-refractivity contribution is 7.89. The van der Waals surface area contributed by atoms with E-state index in [0.717, 1.165) is 29.8 Å². The quantitative estimate of drug-likeness (QED) is 0.652. The molecule has 3 atom stereocenters. The highest BCUT2D eigenvalue weighted by atomic mass is 32.2. The summed E-state index contributed by atoms with van der Waals surface area (Å²) >= 11 is 0. The molecule has 0 bridgehead atoms. The van der Waals surface area contributed by atoms with E-state index in [0.29, 0.717) is 24.0 Å². The molecule has 0 saturated carbocycles. The van der Waals surface area contributed by atoms with Crippen molar-refractivity contribution in [3.63, 3.8) is 0 Å². The van der Waals surface area contributed by atoms with Crippen molar-refractivity contribution in [2.24, 2.45) is 5.92 Å². The van der Waals surface area contributed by atoms with Crippen LogP contribution in [0.15, 0.2) is 59.5 Å². The molecule has 1 aliphatic carbocycles. The minimum absolute atomic E-state index is 0.179. The molecule has 2 aromatic rings. The van der Waals surface area contributed by atoms with Crippen molar-refractivity contribution in [3.05, 3.63) is 65.7 Å². The van der Waals surface area contributed by atoms with E-state index in [1.165, 1.54) is 5.56 Å². The highest BCUT2D eigenvalue weighted by Crippen LogP contribution is 2.50. The molecular weight excluding hydrogens is 384 g/mol. The predicted molar refractivity (Wildman–Crippen MR) is 116 cm³/mol. The molecule has 2 N–H and O–H groups in total. The maximum atomic E-state index is 12.6. The van der Waals surface area contributed by atoms with Crippen molar-refractivity contribution in [1.82, 2.24) is 4.72 Å². The summed E-state index contributed by atoms with van der Waals surface area (Å²) in [5.74, 6) is 1.45. The zero-order chi connectivity index (χ0) is 20.4. The van der Waals surface area contributed by atoms with E-state index in [9.17, 15) is 8.42 Å². The Hall–Kier alpha value is -2.31. The van der Waals surface area contributed by atoms with Crippen LogP contribution in [0.3, 0.4) is 0 Å². The molecule has 2 aromatic carbocycles. The van der Waals surface area contributed by atoms with Gasteiger partial charge in [-0.2, -0.15) is 0 Å². The lowest BCUT2D eigenvalue weighted by Crippen LogP contribution is -2.30. The first-order valence-electron chi connectivity index (χ1n) is 10.3. The average Bonchev–Trinajstić information content (AvgIpc) is 3.22. The van der Waals surface area contributed by atoms with E-state index in [2.05, 4.69) is 34.3 Å². The van der Waals surface area contributed by atoms with E-state index in [1.807, 2.05) is 38.1 Å². The summed E-state index contributed by atoms with van der Waals surface area (Å²) in [6.07, 6.45) is 6.18. The molecule has 2 aliphatic rings. The predicted octanol–water partition coefficient (Wildman–Crippen LogP) is 4.60. The SMILES string of the molecule is CCCNS(=O)(=O)c1ccc2c(c1)C1C=CCC1C(c1ccc(OCC)cc1)N2. The Morgan fingerprint density at radius 1 is 1.14 bits per heavy atom. The molecule has 0 aromatic heterocycles. The minimum atomic E-state index is -3.48. The Labute approximate surface area is 173 Å². The first kappa shape index (κ1) is 20.0. The Kier molecular flexibility index (Phi) is 5.65. The van der Waals surface area contributed by atoms with E-state index in [1.54, 1.807) is 6.07 Å². The molecule has 154 valence electrons. The molecule has 3 unspecified atom stereocenters. The normalized spacial score (nSPS) is 22.6. The summed E-state index contributed by atoms with van der Waals surface area (Å²) in [6, 6.07) is 13.9. The molecule has 1 heterocycles. The van der Waals surface area contributed by atoms with Gasteiger partial charge in [0, 0.05) is 18.2 Å². The Balaban J connectivity index is 1.65. The average molecular weight is 413 g/mol. The van der Waals surface area contributed by atoms with Crippen LogP contribution in [0.25, 0.3) is 0 Å². The summed E-state index contributed by atoms with van der Waals surface area (Å²) in [5, 5.41) is 3.66. The lowest BCUT2D eigenvalue weighted by molar-refractivity contribution is 0.340. The van der Waals surface area contributed by atoms with Crippen LogP contribution in [0.1, 0.15) is 49.8 Å². The third kappa shape index (κ3) is 3.91.